The van der Waals surface area contributed by atoms with E-state index in [0.29, 0.717) is 12.1 Å². The smallest absolute Gasteiger partial charge is 0.484 e. The van der Waals surface area contributed by atoms with Gasteiger partial charge in [0.15, 0.2) is 24.8 Å². The van der Waals surface area contributed by atoms with E-state index in [4.69, 9.17) is 9.47 Å². The van der Waals surface area contributed by atoms with Gasteiger partial charge in [0.1, 0.15) is 17.2 Å². The van der Waals surface area contributed by atoms with E-state index in [1.165, 1.54) is 12.1 Å². The van der Waals surface area contributed by atoms with Gasteiger partial charge in [0, 0.05) is 19.2 Å². The van der Waals surface area contributed by atoms with Gasteiger partial charge >= 0.3 is 12.7 Å². The maximum atomic E-state index is 13.6. The zero-order chi connectivity index (χ0) is 28.3. The number of benzene rings is 2. The number of rotatable bonds is 13. The highest BCUT2D eigenvalue weighted by Gasteiger charge is 2.32. The van der Waals surface area contributed by atoms with Crippen LogP contribution >= 0.6 is 0 Å². The molecule has 0 heterocycles. The van der Waals surface area contributed by atoms with Gasteiger partial charge in [-0.15, -0.1) is 26.3 Å². The van der Waals surface area contributed by atoms with Crippen molar-refractivity contribution < 1.29 is 64.4 Å². The van der Waals surface area contributed by atoms with Crippen LogP contribution in [0, 0.1) is 5.82 Å². The molecule has 2 rings (SSSR count). The molecule has 0 spiro atoms. The lowest BCUT2D eigenvalue weighted by Gasteiger charge is -2.14. The minimum Gasteiger partial charge on any atom is -0.484 e. The molecule has 9 nitrogen and oxygen atoms in total. The Morgan fingerprint density at radius 3 is 1.89 bits per heavy atom. The molecule has 210 valence electrons. The Hall–Kier alpha value is -3.95. The number of carbonyl (C=O) groups is 2. The summed E-state index contributed by atoms with van der Waals surface area (Å²) >= 11 is 0. The molecule has 0 radical (unpaired) electrons. The van der Waals surface area contributed by atoms with Crippen molar-refractivity contribution in [3.63, 3.8) is 0 Å². The number of halogens is 7. The first-order valence-electron chi connectivity index (χ1n) is 10.6. The van der Waals surface area contributed by atoms with Gasteiger partial charge in [-0.3, -0.25) is 9.59 Å². The molecular formula is C22H21F7N2O7. The predicted octanol–water partition coefficient (Wildman–Crippen LogP) is 3.06. The standard InChI is InChI=1S/C22H21F7N2O7/c23-17-9-16(5-6-18(17)38-22(27,28)29)36-11-19(33)30-8-7-13(32)10-31-20(34)12-35-14-1-3-15(4-2-14)37-21(24,25)26/h1-6,9,13,32H,7-8,10-12H2,(H,30,33)(H,31,34)/t13-/m0/s1. The lowest BCUT2D eigenvalue weighted by atomic mass is 10.2. The van der Waals surface area contributed by atoms with E-state index in [-0.39, 0.29) is 31.0 Å². The summed E-state index contributed by atoms with van der Waals surface area (Å²) in [5, 5.41) is 14.6. The zero-order valence-electron chi connectivity index (χ0n) is 19.2. The van der Waals surface area contributed by atoms with Crippen LogP contribution in [0.4, 0.5) is 30.7 Å². The van der Waals surface area contributed by atoms with Crippen LogP contribution in [0.1, 0.15) is 6.42 Å². The summed E-state index contributed by atoms with van der Waals surface area (Å²) < 4.78 is 104. The van der Waals surface area contributed by atoms with Crippen LogP contribution in [0.5, 0.6) is 23.0 Å². The van der Waals surface area contributed by atoms with Crippen molar-refractivity contribution in [3.8, 4) is 23.0 Å². The molecule has 16 heteroatoms. The van der Waals surface area contributed by atoms with Gasteiger partial charge in [-0.1, -0.05) is 0 Å². The topological polar surface area (TPSA) is 115 Å². The Morgan fingerprint density at radius 1 is 0.789 bits per heavy atom. The van der Waals surface area contributed by atoms with E-state index in [2.05, 4.69) is 20.1 Å². The highest BCUT2D eigenvalue weighted by atomic mass is 19.4. The molecule has 0 saturated heterocycles. The molecule has 3 N–H and O–H groups in total. The van der Waals surface area contributed by atoms with Crippen molar-refractivity contribution in [2.24, 2.45) is 0 Å². The number of alkyl halides is 6. The molecule has 0 aromatic heterocycles. The van der Waals surface area contributed by atoms with Crippen LogP contribution < -0.4 is 29.6 Å². The first kappa shape index (κ1) is 30.3. The average Bonchev–Trinajstić information content (AvgIpc) is 2.81. The molecule has 2 aromatic carbocycles. The molecule has 0 aliphatic rings. The molecule has 0 aliphatic heterocycles. The van der Waals surface area contributed by atoms with Gasteiger partial charge in [0.05, 0.1) is 6.10 Å². The van der Waals surface area contributed by atoms with Crippen molar-refractivity contribution in [3.05, 3.63) is 48.3 Å². The third-order valence-corrected chi connectivity index (χ3v) is 4.26. The zero-order valence-corrected chi connectivity index (χ0v) is 19.2. The van der Waals surface area contributed by atoms with Crippen LogP contribution in [0.15, 0.2) is 42.5 Å². The first-order valence-corrected chi connectivity index (χ1v) is 10.6. The number of ether oxygens (including phenoxy) is 4. The Labute approximate surface area is 210 Å². The van der Waals surface area contributed by atoms with E-state index >= 15 is 0 Å². The summed E-state index contributed by atoms with van der Waals surface area (Å²) in [5.74, 6) is -4.28. The van der Waals surface area contributed by atoms with Gasteiger partial charge < -0.3 is 34.7 Å². The number of aliphatic hydroxyl groups excluding tert-OH is 1. The van der Waals surface area contributed by atoms with Crippen molar-refractivity contribution >= 4 is 11.8 Å². The molecule has 1 atom stereocenters. The second-order valence-electron chi connectivity index (χ2n) is 7.33. The fourth-order valence-corrected chi connectivity index (χ4v) is 2.63. The fourth-order valence-electron chi connectivity index (χ4n) is 2.63. The van der Waals surface area contributed by atoms with E-state index < -0.39 is 61.2 Å². The average molecular weight is 558 g/mol. The molecule has 0 aliphatic carbocycles. The van der Waals surface area contributed by atoms with Crippen molar-refractivity contribution in [1.82, 2.24) is 10.6 Å². The van der Waals surface area contributed by atoms with E-state index in [1.807, 2.05) is 0 Å². The first-order chi connectivity index (χ1) is 17.7. The normalized spacial score (nSPS) is 12.3. The van der Waals surface area contributed by atoms with E-state index in [1.54, 1.807) is 0 Å². The summed E-state index contributed by atoms with van der Waals surface area (Å²) in [6.07, 6.45) is -11.0. The molecule has 0 unspecified atom stereocenters. The molecule has 0 bridgehead atoms. The van der Waals surface area contributed by atoms with Gasteiger partial charge in [0.25, 0.3) is 11.8 Å². The monoisotopic (exact) mass is 558 g/mol. The number of hydrogen-bond donors (Lipinski definition) is 3. The molecule has 2 aromatic rings. The molecule has 0 fully saturated rings. The molecular weight excluding hydrogens is 537 g/mol. The number of aliphatic hydroxyl groups is 1. The molecule has 38 heavy (non-hydrogen) atoms. The van der Waals surface area contributed by atoms with Gasteiger partial charge in [-0.25, -0.2) is 4.39 Å². The van der Waals surface area contributed by atoms with Crippen molar-refractivity contribution in [2.45, 2.75) is 25.2 Å². The summed E-state index contributed by atoms with van der Waals surface area (Å²) in [6, 6.07) is 6.63. The van der Waals surface area contributed by atoms with Crippen LogP contribution in [-0.4, -0.2) is 62.1 Å². The van der Waals surface area contributed by atoms with Gasteiger partial charge in [0.2, 0.25) is 0 Å². The van der Waals surface area contributed by atoms with Crippen LogP contribution in [0.25, 0.3) is 0 Å². The van der Waals surface area contributed by atoms with E-state index in [0.717, 1.165) is 18.2 Å². The summed E-state index contributed by atoms with van der Waals surface area (Å²) in [5.41, 5.74) is 0. The number of hydrogen-bond acceptors (Lipinski definition) is 7. The van der Waals surface area contributed by atoms with Gasteiger partial charge in [-0.05, 0) is 42.8 Å². The maximum Gasteiger partial charge on any atom is 0.573 e. The Balaban J connectivity index is 1.60. The fraction of sp³-hybridized carbons (Fsp3) is 0.364. The Morgan fingerprint density at radius 2 is 1.32 bits per heavy atom. The van der Waals surface area contributed by atoms with Crippen LogP contribution in [0.3, 0.4) is 0 Å². The SMILES string of the molecule is O=C(COc1ccc(OC(F)(F)F)c(F)c1)NCC[C@H](O)CNC(=O)COc1ccc(OC(F)(F)F)cc1. The number of amides is 2. The van der Waals surface area contributed by atoms with Crippen molar-refractivity contribution in [1.29, 1.82) is 0 Å². The largest absolute Gasteiger partial charge is 0.573 e. The highest BCUT2D eigenvalue weighted by Crippen LogP contribution is 2.28. The number of nitrogens with one attached hydrogen (secondary N) is 2. The van der Waals surface area contributed by atoms with E-state index in [9.17, 15) is 45.4 Å². The summed E-state index contributed by atoms with van der Waals surface area (Å²) in [7, 11) is 0. The minimum atomic E-state index is -5.07. The molecule has 0 saturated carbocycles. The lowest BCUT2D eigenvalue weighted by Crippen LogP contribution is -2.37. The second-order valence-corrected chi connectivity index (χ2v) is 7.33. The summed E-state index contributed by atoms with van der Waals surface area (Å²) in [6.45, 7) is -1.30. The van der Waals surface area contributed by atoms with Crippen molar-refractivity contribution in [2.75, 3.05) is 26.3 Å². The highest BCUT2D eigenvalue weighted by molar-refractivity contribution is 5.78. The van der Waals surface area contributed by atoms with Crippen LogP contribution in [-0.2, 0) is 9.59 Å². The third-order valence-electron chi connectivity index (χ3n) is 4.26. The lowest BCUT2D eigenvalue weighted by molar-refractivity contribution is -0.276. The minimum absolute atomic E-state index is 0.0195. The Bertz CT molecular complexity index is 1060. The summed E-state index contributed by atoms with van der Waals surface area (Å²) in [4.78, 5) is 23.6. The number of carbonyl (C=O) groups excluding carboxylic acids is 2. The maximum absolute atomic E-state index is 13.6. The van der Waals surface area contributed by atoms with Gasteiger partial charge in [-0.2, -0.15) is 0 Å². The molecule has 2 amide bonds. The second kappa shape index (κ2) is 13.6. The van der Waals surface area contributed by atoms with Crippen LogP contribution in [0.2, 0.25) is 0 Å². The predicted molar refractivity (Wildman–Crippen MR) is 114 cm³/mol. The Kier molecular flexibility index (Phi) is 10.8. The quantitative estimate of drug-likeness (QED) is 0.324. The third kappa shape index (κ3) is 12.3.